The van der Waals surface area contributed by atoms with Gasteiger partial charge in [-0.15, -0.1) is 0 Å². The third-order valence-corrected chi connectivity index (χ3v) is 5.40. The van der Waals surface area contributed by atoms with Gasteiger partial charge in [0, 0.05) is 38.2 Å². The zero-order chi connectivity index (χ0) is 17.9. The molecule has 0 spiro atoms. The molecule has 2 heterocycles. The number of hydrogen-bond acceptors (Lipinski definition) is 5. The van der Waals surface area contributed by atoms with E-state index >= 15 is 0 Å². The number of methoxy groups -OCH3 is 1. The van der Waals surface area contributed by atoms with E-state index in [-0.39, 0.29) is 5.91 Å². The average Bonchev–Trinajstić information content (AvgIpc) is 2.95. The first-order chi connectivity index (χ1) is 12.8. The zero-order valence-corrected chi connectivity index (χ0v) is 15.2. The lowest BCUT2D eigenvalue weighted by atomic mass is 10.1. The number of aromatic nitrogens is 1. The highest BCUT2D eigenvalue weighted by Crippen LogP contribution is 2.29. The molecule has 0 unspecified atom stereocenters. The molecule has 6 heteroatoms. The number of para-hydroxylation sites is 2. The Kier molecular flexibility index (Phi) is 4.82. The third-order valence-electron chi connectivity index (χ3n) is 5.40. The monoisotopic (exact) mass is 355 g/mol. The van der Waals surface area contributed by atoms with E-state index in [1.165, 1.54) is 6.42 Å². The molecule has 1 aromatic carbocycles. The maximum absolute atomic E-state index is 13.0. The number of piperazine rings is 1. The van der Waals surface area contributed by atoms with Crippen LogP contribution in [0.25, 0.3) is 0 Å². The Morgan fingerprint density at radius 2 is 1.85 bits per heavy atom. The summed E-state index contributed by atoms with van der Waals surface area (Å²) in [5.41, 5.74) is 2.66. The Labute approximate surface area is 153 Å². The molecule has 1 saturated heterocycles. The van der Waals surface area contributed by atoms with Crippen LogP contribution in [0.1, 0.15) is 41.1 Å². The standard InChI is InChI=1S/C20H25N3O3/c1-25-18-10-6-5-8-16(18)22-11-13-23(14-12-22)20(24)19-15-7-3-2-4-9-17(15)26-21-19/h5-6,8,10H,2-4,7,9,11-14H2,1H3. The number of carbonyl (C=O) groups excluding carboxylic acids is 1. The number of benzene rings is 1. The number of fused-ring (bicyclic) bond motifs is 1. The summed E-state index contributed by atoms with van der Waals surface area (Å²) in [6, 6.07) is 8.02. The number of aryl methyl sites for hydroxylation is 1. The fourth-order valence-electron chi connectivity index (χ4n) is 3.92. The van der Waals surface area contributed by atoms with Crippen molar-refractivity contribution in [3.63, 3.8) is 0 Å². The lowest BCUT2D eigenvalue weighted by molar-refractivity contribution is 0.0735. The number of hydrogen-bond donors (Lipinski definition) is 0. The van der Waals surface area contributed by atoms with Crippen LogP contribution < -0.4 is 9.64 Å². The quantitative estimate of drug-likeness (QED) is 0.793. The molecule has 138 valence electrons. The molecule has 2 aliphatic rings. The number of nitrogens with zero attached hydrogens (tertiary/aromatic N) is 3. The van der Waals surface area contributed by atoms with Crippen LogP contribution in [-0.4, -0.2) is 49.3 Å². The largest absolute Gasteiger partial charge is 0.495 e. The number of anilines is 1. The van der Waals surface area contributed by atoms with Gasteiger partial charge in [-0.1, -0.05) is 23.7 Å². The fourth-order valence-corrected chi connectivity index (χ4v) is 3.92. The number of carbonyl (C=O) groups is 1. The van der Waals surface area contributed by atoms with E-state index in [0.29, 0.717) is 18.8 Å². The molecule has 0 N–H and O–H groups in total. The van der Waals surface area contributed by atoms with Crippen LogP contribution in [0.2, 0.25) is 0 Å². The highest BCUT2D eigenvalue weighted by Gasteiger charge is 2.29. The number of rotatable bonds is 3. The minimum atomic E-state index is 0.0107. The zero-order valence-electron chi connectivity index (χ0n) is 15.2. The second-order valence-electron chi connectivity index (χ2n) is 6.94. The van der Waals surface area contributed by atoms with Crippen molar-refractivity contribution in [2.45, 2.75) is 32.1 Å². The van der Waals surface area contributed by atoms with Crippen molar-refractivity contribution in [3.05, 3.63) is 41.3 Å². The van der Waals surface area contributed by atoms with E-state index in [0.717, 1.165) is 61.5 Å². The Bertz CT molecular complexity index is 778. The van der Waals surface area contributed by atoms with Gasteiger partial charge in [-0.05, 0) is 31.4 Å². The molecule has 6 nitrogen and oxygen atoms in total. The first-order valence-electron chi connectivity index (χ1n) is 9.42. The molecular formula is C20H25N3O3. The van der Waals surface area contributed by atoms with Crippen LogP contribution in [0.15, 0.2) is 28.8 Å². The molecule has 0 saturated carbocycles. The van der Waals surface area contributed by atoms with Crippen molar-refractivity contribution in [2.24, 2.45) is 0 Å². The van der Waals surface area contributed by atoms with Gasteiger partial charge in [0.25, 0.3) is 5.91 Å². The average molecular weight is 355 g/mol. The Hall–Kier alpha value is -2.50. The highest BCUT2D eigenvalue weighted by molar-refractivity contribution is 5.94. The molecule has 1 aliphatic carbocycles. The molecule has 1 fully saturated rings. The van der Waals surface area contributed by atoms with Crippen molar-refractivity contribution < 1.29 is 14.1 Å². The molecule has 0 radical (unpaired) electrons. The second kappa shape index (κ2) is 7.40. The summed E-state index contributed by atoms with van der Waals surface area (Å²) in [4.78, 5) is 17.1. The predicted octanol–water partition coefficient (Wildman–Crippen LogP) is 2.91. The summed E-state index contributed by atoms with van der Waals surface area (Å²) >= 11 is 0. The highest BCUT2D eigenvalue weighted by atomic mass is 16.5. The van der Waals surface area contributed by atoms with E-state index in [1.54, 1.807) is 7.11 Å². The van der Waals surface area contributed by atoms with E-state index < -0.39 is 0 Å². The Morgan fingerprint density at radius 1 is 1.08 bits per heavy atom. The summed E-state index contributed by atoms with van der Waals surface area (Å²) in [5, 5.41) is 4.12. The van der Waals surface area contributed by atoms with Gasteiger partial charge in [-0.25, -0.2) is 0 Å². The Balaban J connectivity index is 1.45. The van der Waals surface area contributed by atoms with Gasteiger partial charge >= 0.3 is 0 Å². The van der Waals surface area contributed by atoms with E-state index in [9.17, 15) is 4.79 Å². The van der Waals surface area contributed by atoms with Crippen LogP contribution in [-0.2, 0) is 12.8 Å². The van der Waals surface area contributed by atoms with Gasteiger partial charge in [0.05, 0.1) is 12.8 Å². The van der Waals surface area contributed by atoms with Gasteiger partial charge in [-0.3, -0.25) is 4.79 Å². The van der Waals surface area contributed by atoms with Crippen molar-refractivity contribution in [1.29, 1.82) is 0 Å². The van der Waals surface area contributed by atoms with Crippen LogP contribution in [0.5, 0.6) is 5.75 Å². The molecule has 2 aromatic rings. The summed E-state index contributed by atoms with van der Waals surface area (Å²) in [5.74, 6) is 1.80. The van der Waals surface area contributed by atoms with E-state index in [1.807, 2.05) is 23.1 Å². The molecule has 1 amide bonds. The third kappa shape index (κ3) is 3.16. The first kappa shape index (κ1) is 16.9. The van der Waals surface area contributed by atoms with Crippen molar-refractivity contribution in [3.8, 4) is 5.75 Å². The molecule has 1 aliphatic heterocycles. The first-order valence-corrected chi connectivity index (χ1v) is 9.42. The normalized spacial score (nSPS) is 17.6. The second-order valence-corrected chi connectivity index (χ2v) is 6.94. The smallest absolute Gasteiger partial charge is 0.276 e. The predicted molar refractivity (Wildman–Crippen MR) is 98.9 cm³/mol. The summed E-state index contributed by atoms with van der Waals surface area (Å²) in [6.45, 7) is 2.93. The van der Waals surface area contributed by atoms with Crippen molar-refractivity contribution >= 4 is 11.6 Å². The SMILES string of the molecule is COc1ccccc1N1CCN(C(=O)c2noc3c2CCCCC3)CC1. The van der Waals surface area contributed by atoms with Crippen LogP contribution in [0.4, 0.5) is 5.69 Å². The molecular weight excluding hydrogens is 330 g/mol. The molecule has 4 rings (SSSR count). The molecule has 0 bridgehead atoms. The molecule has 26 heavy (non-hydrogen) atoms. The number of amides is 1. The lowest BCUT2D eigenvalue weighted by Gasteiger charge is -2.36. The van der Waals surface area contributed by atoms with E-state index in [2.05, 4.69) is 16.1 Å². The van der Waals surface area contributed by atoms with Crippen LogP contribution >= 0.6 is 0 Å². The number of ether oxygens (including phenoxy) is 1. The fraction of sp³-hybridized carbons (Fsp3) is 0.500. The maximum atomic E-state index is 13.0. The van der Waals surface area contributed by atoms with E-state index in [4.69, 9.17) is 9.26 Å². The summed E-state index contributed by atoms with van der Waals surface area (Å²) < 4.78 is 10.9. The topological polar surface area (TPSA) is 58.8 Å². The van der Waals surface area contributed by atoms with Gasteiger partial charge in [0.1, 0.15) is 11.5 Å². The van der Waals surface area contributed by atoms with Gasteiger partial charge in [-0.2, -0.15) is 0 Å². The summed E-state index contributed by atoms with van der Waals surface area (Å²) in [6.07, 6.45) is 5.22. The van der Waals surface area contributed by atoms with Gasteiger partial charge in [0.15, 0.2) is 5.69 Å². The van der Waals surface area contributed by atoms with Gasteiger partial charge < -0.3 is 19.1 Å². The van der Waals surface area contributed by atoms with Crippen molar-refractivity contribution in [1.82, 2.24) is 10.1 Å². The molecule has 1 aromatic heterocycles. The minimum Gasteiger partial charge on any atom is -0.495 e. The minimum absolute atomic E-state index is 0.0107. The maximum Gasteiger partial charge on any atom is 0.276 e. The summed E-state index contributed by atoms with van der Waals surface area (Å²) in [7, 11) is 1.69. The van der Waals surface area contributed by atoms with Crippen LogP contribution in [0, 0.1) is 0 Å². The Morgan fingerprint density at radius 3 is 2.65 bits per heavy atom. The van der Waals surface area contributed by atoms with Gasteiger partial charge in [0.2, 0.25) is 0 Å². The van der Waals surface area contributed by atoms with Crippen LogP contribution in [0.3, 0.4) is 0 Å². The molecule has 0 atom stereocenters. The van der Waals surface area contributed by atoms with Crippen molar-refractivity contribution in [2.75, 3.05) is 38.2 Å². The lowest BCUT2D eigenvalue weighted by Crippen LogP contribution is -2.49.